The molecule has 0 aliphatic heterocycles. The quantitative estimate of drug-likeness (QED) is 0.0222. The summed E-state index contributed by atoms with van der Waals surface area (Å²) in [6.45, 7) is 14.2. The Labute approximate surface area is 594 Å². The first-order chi connectivity index (χ1) is 46.6. The fourth-order valence-corrected chi connectivity index (χ4v) is 13.5. The average Bonchev–Trinajstić information content (AvgIpc) is 1.38. The van der Waals surface area contributed by atoms with Crippen molar-refractivity contribution in [2.24, 2.45) is 23.7 Å². The molecule has 17 nitrogen and oxygen atoms in total. The summed E-state index contributed by atoms with van der Waals surface area (Å²) in [5.41, 5.74) is 0. The molecule has 0 fully saturated rings. The van der Waals surface area contributed by atoms with Gasteiger partial charge in [-0.15, -0.1) is 0 Å². The minimum absolute atomic E-state index is 0.105. The maximum Gasteiger partial charge on any atom is 0.472 e. The van der Waals surface area contributed by atoms with Crippen LogP contribution in [0.5, 0.6) is 0 Å². The fourth-order valence-electron chi connectivity index (χ4n) is 11.9. The highest BCUT2D eigenvalue weighted by molar-refractivity contribution is 7.47. The highest BCUT2D eigenvalue weighted by Gasteiger charge is 2.30. The van der Waals surface area contributed by atoms with Crippen molar-refractivity contribution in [3.63, 3.8) is 0 Å². The van der Waals surface area contributed by atoms with Gasteiger partial charge in [-0.3, -0.25) is 37.3 Å². The summed E-state index contributed by atoms with van der Waals surface area (Å²) < 4.78 is 68.6. The van der Waals surface area contributed by atoms with Crippen LogP contribution < -0.4 is 0 Å². The third kappa shape index (κ3) is 72.2. The van der Waals surface area contributed by atoms with Gasteiger partial charge in [0.1, 0.15) is 19.3 Å². The summed E-state index contributed by atoms with van der Waals surface area (Å²) >= 11 is 0. The molecular weight excluding hydrogens is 1270 g/mol. The molecule has 19 heteroatoms. The van der Waals surface area contributed by atoms with Crippen LogP contribution >= 0.6 is 15.6 Å². The molecule has 0 aliphatic rings. The zero-order chi connectivity index (χ0) is 71.7. The molecular formula is C78H152O17P2. The lowest BCUT2D eigenvalue weighted by atomic mass is 10.0. The van der Waals surface area contributed by atoms with Crippen LogP contribution in [0.1, 0.15) is 396 Å². The SMILES string of the molecule is CC(C)CCCCCCCCCCCCCCCCCC(=O)OC[C@H](COP(=O)(O)OCC(O)COP(=O)(O)OC[C@@H](COC(=O)CCCCCCCCCCC(C)C)OC(=O)CCCCCCCCCCCCC(C)C)OC(=O)CCCCCCCCCCCCCCC(C)C. The van der Waals surface area contributed by atoms with Gasteiger partial charge in [0.15, 0.2) is 12.2 Å². The number of esters is 4. The van der Waals surface area contributed by atoms with Gasteiger partial charge < -0.3 is 33.8 Å². The van der Waals surface area contributed by atoms with Crippen LogP contribution in [0.25, 0.3) is 0 Å². The van der Waals surface area contributed by atoms with Gasteiger partial charge >= 0.3 is 39.5 Å². The standard InChI is InChI=1S/C78H152O17P2/c1-68(2)54-46-38-30-22-16-12-10-9-11-13-18-25-34-42-50-58-75(80)88-64-73(94-77(82)60-52-44-36-26-19-15-14-17-23-31-39-47-55-69(3)4)66-92-96(84,85)90-62-72(79)63-91-97(86,87)93-67-74(65-89-76(81)59-51-43-35-29-28-33-41-49-57-71(7)8)95-78(83)61-53-45-37-27-21-20-24-32-40-48-56-70(5)6/h68-74,79H,9-67H2,1-8H3,(H,84,85)(H,86,87)/t72?,73-,74-/m1/s1. The second kappa shape index (κ2) is 67.2. The maximum absolute atomic E-state index is 13.1. The zero-order valence-electron chi connectivity index (χ0n) is 63.7. The molecule has 0 aromatic heterocycles. The van der Waals surface area contributed by atoms with Gasteiger partial charge in [-0.25, -0.2) is 9.13 Å². The van der Waals surface area contributed by atoms with E-state index >= 15 is 0 Å². The van der Waals surface area contributed by atoms with Crippen molar-refractivity contribution in [3.8, 4) is 0 Å². The Hall–Kier alpha value is -1.94. The smallest absolute Gasteiger partial charge is 0.462 e. The molecule has 0 spiro atoms. The Bertz CT molecular complexity index is 1900. The summed E-state index contributed by atoms with van der Waals surface area (Å²) in [4.78, 5) is 72.9. The van der Waals surface area contributed by atoms with Crippen molar-refractivity contribution in [1.29, 1.82) is 0 Å². The summed E-state index contributed by atoms with van der Waals surface area (Å²) in [5.74, 6) is 0.943. The molecule has 0 aromatic carbocycles. The number of phosphoric acid groups is 2. The van der Waals surface area contributed by atoms with Crippen LogP contribution in [0.15, 0.2) is 0 Å². The lowest BCUT2D eigenvalue weighted by Crippen LogP contribution is -2.30. The molecule has 0 aromatic rings. The minimum Gasteiger partial charge on any atom is -0.462 e. The molecule has 0 bridgehead atoms. The average molecular weight is 1420 g/mol. The van der Waals surface area contributed by atoms with Gasteiger partial charge in [-0.2, -0.15) is 0 Å². The van der Waals surface area contributed by atoms with E-state index in [1.165, 1.54) is 199 Å². The van der Waals surface area contributed by atoms with E-state index in [4.69, 9.17) is 37.0 Å². The van der Waals surface area contributed by atoms with E-state index in [1.807, 2.05) is 0 Å². The molecule has 0 aliphatic carbocycles. The van der Waals surface area contributed by atoms with Crippen molar-refractivity contribution < 1.29 is 80.2 Å². The lowest BCUT2D eigenvalue weighted by molar-refractivity contribution is -0.161. The van der Waals surface area contributed by atoms with E-state index in [9.17, 15) is 43.2 Å². The maximum atomic E-state index is 13.1. The van der Waals surface area contributed by atoms with Gasteiger partial charge in [-0.05, 0) is 49.4 Å². The monoisotopic (exact) mass is 1420 g/mol. The topological polar surface area (TPSA) is 237 Å². The number of hydrogen-bond donors (Lipinski definition) is 3. The fraction of sp³-hybridized carbons (Fsp3) is 0.949. The van der Waals surface area contributed by atoms with E-state index in [2.05, 4.69) is 55.4 Å². The number of unbranched alkanes of at least 4 members (excludes halogenated alkanes) is 41. The Morgan fingerprint density at radius 1 is 0.258 bits per heavy atom. The van der Waals surface area contributed by atoms with E-state index < -0.39 is 97.5 Å². The third-order valence-corrected chi connectivity index (χ3v) is 20.0. The molecule has 3 N–H and O–H groups in total. The molecule has 0 rings (SSSR count). The number of carbonyl (C=O) groups is 4. The molecule has 5 atom stereocenters. The van der Waals surface area contributed by atoms with E-state index in [0.29, 0.717) is 25.7 Å². The van der Waals surface area contributed by atoms with Crippen molar-refractivity contribution in [2.45, 2.75) is 414 Å². The Morgan fingerprint density at radius 3 is 0.639 bits per heavy atom. The van der Waals surface area contributed by atoms with Crippen molar-refractivity contribution in [1.82, 2.24) is 0 Å². The van der Waals surface area contributed by atoms with Crippen molar-refractivity contribution in [2.75, 3.05) is 39.6 Å². The largest absolute Gasteiger partial charge is 0.472 e. The van der Waals surface area contributed by atoms with Crippen LogP contribution in [0.2, 0.25) is 0 Å². The van der Waals surface area contributed by atoms with Crippen LogP contribution in [0.3, 0.4) is 0 Å². The normalized spacial score (nSPS) is 14.1. The summed E-state index contributed by atoms with van der Waals surface area (Å²) in [7, 11) is -9.92. The van der Waals surface area contributed by atoms with Gasteiger partial charge in [0.05, 0.1) is 26.4 Å². The molecule has 97 heavy (non-hydrogen) atoms. The molecule has 576 valence electrons. The summed E-state index contributed by atoms with van der Waals surface area (Å²) in [5, 5.41) is 10.6. The predicted molar refractivity (Wildman–Crippen MR) is 395 cm³/mol. The van der Waals surface area contributed by atoms with Gasteiger partial charge in [0, 0.05) is 25.7 Å². The predicted octanol–water partition coefficient (Wildman–Crippen LogP) is 22.8. The highest BCUT2D eigenvalue weighted by atomic mass is 31.2. The van der Waals surface area contributed by atoms with E-state index in [-0.39, 0.29) is 25.7 Å². The second-order valence-corrected chi connectivity index (χ2v) is 32.9. The highest BCUT2D eigenvalue weighted by Crippen LogP contribution is 2.45. The number of rotatable bonds is 75. The Kier molecular flexibility index (Phi) is 65.9. The Balaban J connectivity index is 5.25. The van der Waals surface area contributed by atoms with Crippen LogP contribution in [0.4, 0.5) is 0 Å². The first-order valence-corrected chi connectivity index (χ1v) is 43.2. The lowest BCUT2D eigenvalue weighted by Gasteiger charge is -2.21. The third-order valence-electron chi connectivity index (χ3n) is 18.1. The number of hydrogen-bond acceptors (Lipinski definition) is 15. The van der Waals surface area contributed by atoms with E-state index in [1.54, 1.807) is 0 Å². The first-order valence-electron chi connectivity index (χ1n) is 40.2. The summed E-state index contributed by atoms with van der Waals surface area (Å²) in [6.07, 6.45) is 52.7. The van der Waals surface area contributed by atoms with E-state index in [0.717, 1.165) is 114 Å². The van der Waals surface area contributed by atoms with Gasteiger partial charge in [0.2, 0.25) is 0 Å². The number of ether oxygens (including phenoxy) is 4. The zero-order valence-corrected chi connectivity index (χ0v) is 65.5. The van der Waals surface area contributed by atoms with Crippen LogP contribution in [-0.4, -0.2) is 96.7 Å². The number of carbonyl (C=O) groups excluding carboxylic acids is 4. The van der Waals surface area contributed by atoms with Crippen molar-refractivity contribution in [3.05, 3.63) is 0 Å². The minimum atomic E-state index is -4.96. The van der Waals surface area contributed by atoms with Gasteiger partial charge in [0.25, 0.3) is 0 Å². The molecule has 3 unspecified atom stereocenters. The number of phosphoric ester groups is 2. The number of aliphatic hydroxyl groups excluding tert-OH is 1. The second-order valence-electron chi connectivity index (χ2n) is 30.0. The Morgan fingerprint density at radius 2 is 0.433 bits per heavy atom. The molecule has 0 saturated carbocycles. The molecule has 0 heterocycles. The molecule has 0 radical (unpaired) electrons. The molecule has 0 saturated heterocycles. The molecule has 0 amide bonds. The summed E-state index contributed by atoms with van der Waals surface area (Å²) in [6, 6.07) is 0. The first kappa shape index (κ1) is 95.1. The van der Waals surface area contributed by atoms with Crippen LogP contribution in [0, 0.1) is 23.7 Å². The van der Waals surface area contributed by atoms with Gasteiger partial charge in [-0.1, -0.05) is 344 Å². The van der Waals surface area contributed by atoms with Crippen LogP contribution in [-0.2, 0) is 65.4 Å². The number of aliphatic hydroxyl groups is 1. The van der Waals surface area contributed by atoms with Crippen molar-refractivity contribution >= 4 is 39.5 Å².